The lowest BCUT2D eigenvalue weighted by atomic mass is 9.96. The van der Waals surface area contributed by atoms with Gasteiger partial charge in [-0.2, -0.15) is 13.2 Å². The van der Waals surface area contributed by atoms with Crippen molar-refractivity contribution in [3.8, 4) is 0 Å². The molecule has 0 aliphatic heterocycles. The van der Waals surface area contributed by atoms with Crippen LogP contribution >= 0.6 is 62.3 Å². The van der Waals surface area contributed by atoms with E-state index in [4.69, 9.17) is 46.4 Å². The van der Waals surface area contributed by atoms with Crippen LogP contribution in [-0.2, 0) is 9.84 Å². The molecule has 1 atom stereocenters. The van der Waals surface area contributed by atoms with E-state index in [9.17, 15) is 26.4 Å². The van der Waals surface area contributed by atoms with Crippen LogP contribution in [0.2, 0.25) is 20.1 Å². The van der Waals surface area contributed by atoms with E-state index in [1.165, 1.54) is 48.5 Å². The maximum absolute atomic E-state index is 13.8. The molecule has 12 heteroatoms. The molecule has 0 fully saturated rings. The van der Waals surface area contributed by atoms with Crippen molar-refractivity contribution in [2.75, 3.05) is 5.75 Å². The zero-order chi connectivity index (χ0) is 28.3. The third kappa shape index (κ3) is 7.99. The molecular formula is C26H18BrCl4F3O3S. The number of alkyl halides is 3. The molecule has 3 aromatic rings. The first kappa shape index (κ1) is 31.0. The number of hydrogen-bond acceptors (Lipinski definition) is 3. The highest BCUT2D eigenvalue weighted by Crippen LogP contribution is 2.41. The van der Waals surface area contributed by atoms with Gasteiger partial charge in [0.1, 0.15) is 0 Å². The molecule has 38 heavy (non-hydrogen) atoms. The zero-order valence-corrected chi connectivity index (χ0v) is 24.6. The molecule has 0 spiro atoms. The molecule has 0 bridgehead atoms. The summed E-state index contributed by atoms with van der Waals surface area (Å²) in [5.74, 6) is -2.54. The number of carbonyl (C=O) groups excluding carboxylic acids is 1. The van der Waals surface area contributed by atoms with Gasteiger partial charge in [0.05, 0.1) is 31.6 Å². The van der Waals surface area contributed by atoms with Crippen molar-refractivity contribution >= 4 is 84.0 Å². The molecule has 3 rings (SSSR count). The van der Waals surface area contributed by atoms with Gasteiger partial charge in [0.2, 0.25) is 0 Å². The Morgan fingerprint density at radius 3 is 2.11 bits per heavy atom. The molecule has 0 saturated heterocycles. The first-order valence-electron chi connectivity index (χ1n) is 10.9. The number of sulfone groups is 1. The fraction of sp³-hybridized carbons (Fsp3) is 0.192. The van der Waals surface area contributed by atoms with E-state index < -0.39 is 21.9 Å². The lowest BCUT2D eigenvalue weighted by Crippen LogP contribution is -2.19. The van der Waals surface area contributed by atoms with E-state index in [1.54, 1.807) is 0 Å². The van der Waals surface area contributed by atoms with Crippen molar-refractivity contribution in [2.24, 2.45) is 0 Å². The molecule has 0 aromatic heterocycles. The van der Waals surface area contributed by atoms with Gasteiger partial charge in [0, 0.05) is 21.5 Å². The summed E-state index contributed by atoms with van der Waals surface area (Å²) in [6.07, 6.45) is -2.34. The SMILES string of the molecule is O=C(CCCS(=O)(=O)c1ccc(Cl)cc1)c1ccc(/C=C/C(c2cc(Cl)c(Cl)c(Cl)c2)C(F)(F)F)cc1Br. The molecule has 0 radical (unpaired) electrons. The smallest absolute Gasteiger partial charge is 0.294 e. The number of ketones is 1. The Bertz CT molecular complexity index is 1450. The van der Waals surface area contributed by atoms with Crippen molar-refractivity contribution < 1.29 is 26.4 Å². The average molecular weight is 689 g/mol. The van der Waals surface area contributed by atoms with Gasteiger partial charge in [-0.15, -0.1) is 0 Å². The van der Waals surface area contributed by atoms with E-state index in [0.717, 1.165) is 18.2 Å². The van der Waals surface area contributed by atoms with Gasteiger partial charge < -0.3 is 0 Å². The topological polar surface area (TPSA) is 51.2 Å². The fourth-order valence-electron chi connectivity index (χ4n) is 3.55. The first-order valence-corrected chi connectivity index (χ1v) is 14.8. The first-order chi connectivity index (χ1) is 17.7. The predicted molar refractivity (Wildman–Crippen MR) is 151 cm³/mol. The Hall–Kier alpha value is -1.55. The molecule has 0 aliphatic carbocycles. The molecule has 0 heterocycles. The van der Waals surface area contributed by atoms with Gasteiger partial charge >= 0.3 is 6.18 Å². The third-order valence-electron chi connectivity index (χ3n) is 5.48. The van der Waals surface area contributed by atoms with Crippen LogP contribution in [-0.4, -0.2) is 26.1 Å². The van der Waals surface area contributed by atoms with Gasteiger partial charge in [-0.05, 0) is 66.1 Å². The number of rotatable bonds is 9. The molecule has 1 unspecified atom stereocenters. The highest BCUT2D eigenvalue weighted by Gasteiger charge is 2.39. The van der Waals surface area contributed by atoms with Gasteiger partial charge in [0.15, 0.2) is 15.6 Å². The fourth-order valence-corrected chi connectivity index (χ4v) is 6.22. The predicted octanol–water partition coefficient (Wildman–Crippen LogP) is 9.86. The molecule has 0 amide bonds. The van der Waals surface area contributed by atoms with Crippen LogP contribution in [0.25, 0.3) is 6.08 Å². The van der Waals surface area contributed by atoms with Crippen molar-refractivity contribution in [1.29, 1.82) is 0 Å². The summed E-state index contributed by atoms with van der Waals surface area (Å²) < 4.78 is 66.6. The summed E-state index contributed by atoms with van der Waals surface area (Å²) in [7, 11) is -3.58. The molecule has 0 saturated carbocycles. The van der Waals surface area contributed by atoms with Crippen LogP contribution in [0, 0.1) is 0 Å². The zero-order valence-electron chi connectivity index (χ0n) is 19.2. The van der Waals surface area contributed by atoms with E-state index in [-0.39, 0.29) is 55.5 Å². The van der Waals surface area contributed by atoms with Crippen LogP contribution in [0.1, 0.15) is 40.2 Å². The van der Waals surface area contributed by atoms with Crippen LogP contribution in [0.3, 0.4) is 0 Å². The Kier molecular flexibility index (Phi) is 10.4. The van der Waals surface area contributed by atoms with Gasteiger partial charge in [-0.25, -0.2) is 8.42 Å². The van der Waals surface area contributed by atoms with Crippen molar-refractivity contribution in [2.45, 2.75) is 29.8 Å². The van der Waals surface area contributed by atoms with E-state index in [0.29, 0.717) is 15.1 Å². The lowest BCUT2D eigenvalue weighted by molar-refractivity contribution is -0.139. The molecule has 202 valence electrons. The second-order valence-electron chi connectivity index (χ2n) is 8.22. The second-order valence-corrected chi connectivity index (χ2v) is 12.8. The number of allylic oxidation sites excluding steroid dienone is 1. The van der Waals surface area contributed by atoms with Crippen molar-refractivity contribution in [3.63, 3.8) is 0 Å². The summed E-state index contributed by atoms with van der Waals surface area (Å²) in [4.78, 5) is 12.8. The Balaban J connectivity index is 1.71. The summed E-state index contributed by atoms with van der Waals surface area (Å²) in [6, 6.07) is 12.5. The normalized spacial score (nSPS) is 13.2. The van der Waals surface area contributed by atoms with Crippen LogP contribution in [0.4, 0.5) is 13.2 Å². The van der Waals surface area contributed by atoms with Crippen molar-refractivity contribution in [3.05, 3.63) is 102 Å². The largest absolute Gasteiger partial charge is 0.399 e. The minimum Gasteiger partial charge on any atom is -0.294 e. The van der Waals surface area contributed by atoms with E-state index in [2.05, 4.69) is 15.9 Å². The van der Waals surface area contributed by atoms with Crippen LogP contribution in [0.5, 0.6) is 0 Å². The maximum Gasteiger partial charge on any atom is 0.399 e. The van der Waals surface area contributed by atoms with Crippen LogP contribution in [0.15, 0.2) is 70.0 Å². The van der Waals surface area contributed by atoms with E-state index in [1.807, 2.05) is 0 Å². The molecule has 0 N–H and O–H groups in total. The molecule has 0 aliphatic rings. The Labute approximate surface area is 246 Å². The second kappa shape index (κ2) is 12.7. The highest BCUT2D eigenvalue weighted by atomic mass is 79.9. The number of Topliss-reactive ketones (excluding diaryl/α,β-unsaturated/α-hetero) is 1. The summed E-state index contributed by atoms with van der Waals surface area (Å²) in [5, 5.41) is 0.190. The molecule has 3 aromatic carbocycles. The number of carbonyl (C=O) groups is 1. The summed E-state index contributed by atoms with van der Waals surface area (Å²) in [5.41, 5.74) is 0.515. The van der Waals surface area contributed by atoms with Crippen molar-refractivity contribution in [1.82, 2.24) is 0 Å². The maximum atomic E-state index is 13.8. The van der Waals surface area contributed by atoms with Gasteiger partial charge in [-0.3, -0.25) is 4.79 Å². The van der Waals surface area contributed by atoms with E-state index >= 15 is 0 Å². The minimum atomic E-state index is -4.63. The van der Waals surface area contributed by atoms with Gasteiger partial charge in [0.25, 0.3) is 0 Å². The monoisotopic (exact) mass is 686 g/mol. The third-order valence-corrected chi connectivity index (χ3v) is 9.40. The average Bonchev–Trinajstić information content (AvgIpc) is 2.82. The molecule has 3 nitrogen and oxygen atoms in total. The summed E-state index contributed by atoms with van der Waals surface area (Å²) >= 11 is 26.8. The number of halogens is 8. The molecular weight excluding hydrogens is 671 g/mol. The Morgan fingerprint density at radius 1 is 0.947 bits per heavy atom. The highest BCUT2D eigenvalue weighted by molar-refractivity contribution is 9.10. The number of benzene rings is 3. The standard InChI is InChI=1S/C26H18BrCl4F3O3S/c27-21-12-15(4-10-20(26(32,33)34)16-13-22(29)25(31)23(30)14-16)3-9-19(21)24(35)2-1-11-38(36,37)18-7-5-17(28)6-8-18/h3-10,12-14,20H,1-2,11H2/b10-4+. The van der Waals surface area contributed by atoms with Crippen LogP contribution < -0.4 is 0 Å². The lowest BCUT2D eigenvalue weighted by Gasteiger charge is -2.18. The quantitative estimate of drug-likeness (QED) is 0.166. The van der Waals surface area contributed by atoms with Gasteiger partial charge in [-0.1, -0.05) is 80.6 Å². The summed E-state index contributed by atoms with van der Waals surface area (Å²) in [6.45, 7) is 0. The minimum absolute atomic E-state index is 0.0329. The number of hydrogen-bond donors (Lipinski definition) is 0. The Morgan fingerprint density at radius 2 is 1.55 bits per heavy atom.